The SMILES string of the molecule is CCOC(=O)CN(CCc1ccc(Cl)cc1)C(=O)CC1C(=O)N(CCc2ccc(C)cc2Cl)CC(=O)N1CCOC. The zero-order chi connectivity index (χ0) is 29.9. The van der Waals surface area contributed by atoms with Crippen LogP contribution < -0.4 is 0 Å². The Morgan fingerprint density at radius 2 is 1.78 bits per heavy atom. The van der Waals surface area contributed by atoms with Crippen molar-refractivity contribution in [3.63, 3.8) is 0 Å². The number of piperazine rings is 1. The zero-order valence-corrected chi connectivity index (χ0v) is 25.2. The van der Waals surface area contributed by atoms with Crippen LogP contribution in [0.1, 0.15) is 30.0 Å². The van der Waals surface area contributed by atoms with E-state index in [1.165, 1.54) is 21.8 Å². The van der Waals surface area contributed by atoms with Crippen molar-refractivity contribution in [3.05, 3.63) is 69.2 Å². The number of methoxy groups -OCH3 is 1. The third kappa shape index (κ3) is 9.45. The van der Waals surface area contributed by atoms with Gasteiger partial charge in [-0.3, -0.25) is 19.2 Å². The maximum absolute atomic E-state index is 13.7. The van der Waals surface area contributed by atoms with E-state index in [4.69, 9.17) is 32.7 Å². The number of hydrogen-bond donors (Lipinski definition) is 0. The zero-order valence-electron chi connectivity index (χ0n) is 23.7. The van der Waals surface area contributed by atoms with Crippen LogP contribution in [0.5, 0.6) is 0 Å². The van der Waals surface area contributed by atoms with Gasteiger partial charge in [0.1, 0.15) is 12.6 Å². The van der Waals surface area contributed by atoms with Gasteiger partial charge in [-0.2, -0.15) is 0 Å². The summed E-state index contributed by atoms with van der Waals surface area (Å²) in [6.07, 6.45) is 0.666. The molecule has 222 valence electrons. The molecule has 0 radical (unpaired) electrons. The lowest BCUT2D eigenvalue weighted by molar-refractivity contribution is -0.159. The second kappa shape index (κ2) is 15.7. The minimum absolute atomic E-state index is 0.0974. The highest BCUT2D eigenvalue weighted by molar-refractivity contribution is 6.31. The Morgan fingerprint density at radius 3 is 2.44 bits per heavy atom. The van der Waals surface area contributed by atoms with Gasteiger partial charge < -0.3 is 24.2 Å². The molecule has 9 nitrogen and oxygen atoms in total. The van der Waals surface area contributed by atoms with E-state index in [1.54, 1.807) is 19.1 Å². The highest BCUT2D eigenvalue weighted by Gasteiger charge is 2.41. The average molecular weight is 607 g/mol. The van der Waals surface area contributed by atoms with Gasteiger partial charge >= 0.3 is 5.97 Å². The van der Waals surface area contributed by atoms with Crippen molar-refractivity contribution in [2.75, 3.05) is 53.0 Å². The molecule has 1 aliphatic rings. The molecular formula is C30H37Cl2N3O6. The second-order valence-corrected chi connectivity index (χ2v) is 10.7. The number of hydrogen-bond acceptors (Lipinski definition) is 6. The predicted octanol–water partition coefficient (Wildman–Crippen LogP) is 3.55. The van der Waals surface area contributed by atoms with E-state index in [2.05, 4.69) is 0 Å². The Bertz CT molecular complexity index is 1220. The number of aryl methyl sites for hydroxylation is 1. The van der Waals surface area contributed by atoms with Crippen LogP contribution in [0.4, 0.5) is 0 Å². The second-order valence-electron chi connectivity index (χ2n) is 9.90. The lowest BCUT2D eigenvalue weighted by Gasteiger charge is -2.40. The molecule has 1 atom stereocenters. The third-order valence-electron chi connectivity index (χ3n) is 6.94. The molecule has 0 saturated carbocycles. The molecule has 1 saturated heterocycles. The van der Waals surface area contributed by atoms with Crippen LogP contribution in [-0.2, 0) is 41.5 Å². The number of esters is 1. The summed E-state index contributed by atoms with van der Waals surface area (Å²) in [7, 11) is 1.51. The average Bonchev–Trinajstić information content (AvgIpc) is 2.93. The predicted molar refractivity (Wildman–Crippen MR) is 157 cm³/mol. The maximum atomic E-state index is 13.7. The largest absolute Gasteiger partial charge is 0.465 e. The summed E-state index contributed by atoms with van der Waals surface area (Å²) in [6.45, 7) is 4.34. The van der Waals surface area contributed by atoms with Crippen LogP contribution in [-0.4, -0.2) is 97.5 Å². The van der Waals surface area contributed by atoms with E-state index >= 15 is 0 Å². The van der Waals surface area contributed by atoms with Gasteiger partial charge in [0.25, 0.3) is 0 Å². The Morgan fingerprint density at radius 1 is 1.05 bits per heavy atom. The Balaban J connectivity index is 1.77. The van der Waals surface area contributed by atoms with Gasteiger partial charge in [0.15, 0.2) is 0 Å². The van der Waals surface area contributed by atoms with Gasteiger partial charge in [-0.15, -0.1) is 0 Å². The highest BCUT2D eigenvalue weighted by Crippen LogP contribution is 2.21. The Labute approximate surface area is 251 Å². The smallest absolute Gasteiger partial charge is 0.325 e. The lowest BCUT2D eigenvalue weighted by atomic mass is 10.0. The van der Waals surface area contributed by atoms with E-state index in [9.17, 15) is 19.2 Å². The molecule has 0 aliphatic carbocycles. The molecule has 1 heterocycles. The first-order valence-electron chi connectivity index (χ1n) is 13.6. The fraction of sp³-hybridized carbons (Fsp3) is 0.467. The third-order valence-corrected chi connectivity index (χ3v) is 7.55. The van der Waals surface area contributed by atoms with Crippen LogP contribution in [0, 0.1) is 6.92 Å². The fourth-order valence-corrected chi connectivity index (χ4v) is 5.14. The molecule has 0 N–H and O–H groups in total. The van der Waals surface area contributed by atoms with E-state index in [0.29, 0.717) is 22.9 Å². The van der Waals surface area contributed by atoms with Crippen LogP contribution in [0.25, 0.3) is 0 Å². The quantitative estimate of drug-likeness (QED) is 0.306. The van der Waals surface area contributed by atoms with Crippen molar-refractivity contribution in [1.29, 1.82) is 0 Å². The van der Waals surface area contributed by atoms with Crippen LogP contribution in [0.15, 0.2) is 42.5 Å². The van der Waals surface area contributed by atoms with E-state index in [1.807, 2.05) is 37.3 Å². The van der Waals surface area contributed by atoms with Gasteiger partial charge in [-0.05, 0) is 61.6 Å². The number of halogens is 2. The normalized spacial score (nSPS) is 15.3. The first kappa shape index (κ1) is 32.4. The molecule has 1 unspecified atom stereocenters. The monoisotopic (exact) mass is 605 g/mol. The summed E-state index contributed by atoms with van der Waals surface area (Å²) in [5, 5.41) is 1.20. The van der Waals surface area contributed by atoms with Crippen LogP contribution in [0.3, 0.4) is 0 Å². The summed E-state index contributed by atoms with van der Waals surface area (Å²) >= 11 is 12.4. The summed E-state index contributed by atoms with van der Waals surface area (Å²) in [5.74, 6) is -1.57. The number of carbonyl (C=O) groups is 4. The molecule has 1 aliphatic heterocycles. The summed E-state index contributed by atoms with van der Waals surface area (Å²) in [6, 6.07) is 11.9. The lowest BCUT2D eigenvalue weighted by Crippen LogP contribution is -2.61. The minimum atomic E-state index is -1.02. The molecule has 0 spiro atoms. The molecule has 2 aromatic carbocycles. The van der Waals surface area contributed by atoms with Crippen molar-refractivity contribution < 1.29 is 28.7 Å². The van der Waals surface area contributed by atoms with Crippen molar-refractivity contribution in [2.24, 2.45) is 0 Å². The Hall–Kier alpha value is -3.14. The number of carbonyl (C=O) groups excluding carboxylic acids is 4. The molecule has 3 rings (SSSR count). The first-order valence-corrected chi connectivity index (χ1v) is 14.4. The topological polar surface area (TPSA) is 96.5 Å². The molecule has 0 bridgehead atoms. The van der Waals surface area contributed by atoms with Crippen molar-refractivity contribution >= 4 is 46.9 Å². The van der Waals surface area contributed by atoms with E-state index < -0.39 is 17.9 Å². The number of benzene rings is 2. The highest BCUT2D eigenvalue weighted by atomic mass is 35.5. The number of ether oxygens (including phenoxy) is 2. The van der Waals surface area contributed by atoms with Gasteiger partial charge in [-0.1, -0.05) is 47.5 Å². The van der Waals surface area contributed by atoms with Gasteiger partial charge in [0.05, 0.1) is 26.2 Å². The molecular weight excluding hydrogens is 569 g/mol. The van der Waals surface area contributed by atoms with E-state index in [-0.39, 0.29) is 64.2 Å². The summed E-state index contributed by atoms with van der Waals surface area (Å²) in [5.41, 5.74) is 2.83. The molecule has 1 fully saturated rings. The van der Waals surface area contributed by atoms with Crippen molar-refractivity contribution in [2.45, 2.75) is 39.2 Å². The van der Waals surface area contributed by atoms with Crippen LogP contribution in [0.2, 0.25) is 10.0 Å². The fourth-order valence-electron chi connectivity index (χ4n) is 4.68. The van der Waals surface area contributed by atoms with E-state index in [0.717, 1.165) is 16.7 Å². The molecule has 11 heteroatoms. The van der Waals surface area contributed by atoms with Crippen molar-refractivity contribution in [1.82, 2.24) is 14.7 Å². The number of nitrogens with zero attached hydrogens (tertiary/aromatic N) is 3. The maximum Gasteiger partial charge on any atom is 0.325 e. The van der Waals surface area contributed by atoms with Gasteiger partial charge in [0.2, 0.25) is 17.7 Å². The van der Waals surface area contributed by atoms with Gasteiger partial charge in [-0.25, -0.2) is 0 Å². The Kier molecular flexibility index (Phi) is 12.4. The van der Waals surface area contributed by atoms with Crippen molar-refractivity contribution in [3.8, 4) is 0 Å². The van der Waals surface area contributed by atoms with Gasteiger partial charge in [0, 0.05) is 36.8 Å². The molecule has 0 aromatic heterocycles. The molecule has 2 aromatic rings. The standard InChI is InChI=1S/C30H37Cl2N3O6/c1-4-41-29(38)20-33(13-11-22-6-9-24(31)10-7-22)27(36)18-26-30(39)34(19-28(37)35(26)15-16-40-3)14-12-23-8-5-21(2)17-25(23)32/h5-10,17,26H,4,11-16,18-20H2,1-3H3. The summed E-state index contributed by atoms with van der Waals surface area (Å²) < 4.78 is 10.2. The number of rotatable bonds is 14. The number of amides is 3. The first-order chi connectivity index (χ1) is 19.6. The molecule has 41 heavy (non-hydrogen) atoms. The minimum Gasteiger partial charge on any atom is -0.465 e. The summed E-state index contributed by atoms with van der Waals surface area (Å²) in [4.78, 5) is 57.1. The molecule has 3 amide bonds. The van der Waals surface area contributed by atoms with Crippen LogP contribution >= 0.6 is 23.2 Å².